The van der Waals surface area contributed by atoms with Crippen LogP contribution in [-0.2, 0) is 24.4 Å². The van der Waals surface area contributed by atoms with Gasteiger partial charge in [-0.3, -0.25) is 19.7 Å². The average Bonchev–Trinajstić information content (AvgIpc) is 2.83. The van der Waals surface area contributed by atoms with Crippen molar-refractivity contribution in [3.05, 3.63) is 96.2 Å². The second kappa shape index (κ2) is 11.2. The normalized spacial score (nSPS) is 11.1. The number of ether oxygens (including phenoxy) is 1. The first kappa shape index (κ1) is 22.4. The summed E-state index contributed by atoms with van der Waals surface area (Å²) in [5.74, 6) is -0.154. The number of nitrogens with zero attached hydrogens (tertiary/aromatic N) is 4. The average molecular weight is 443 g/mol. The van der Waals surface area contributed by atoms with E-state index < -0.39 is 5.97 Å². The summed E-state index contributed by atoms with van der Waals surface area (Å²) in [5, 5.41) is 9.81. The Bertz CT molecular complexity index is 1140. The molecule has 0 aliphatic heterocycles. The Labute approximate surface area is 192 Å². The first-order valence-corrected chi connectivity index (χ1v) is 10.9. The van der Waals surface area contributed by atoms with Gasteiger partial charge < -0.3 is 9.84 Å². The van der Waals surface area contributed by atoms with E-state index in [1.165, 1.54) is 0 Å². The van der Waals surface area contributed by atoms with Crippen LogP contribution in [0.15, 0.2) is 79.1 Å². The molecule has 3 aromatic heterocycles. The van der Waals surface area contributed by atoms with Crippen molar-refractivity contribution in [1.82, 2.24) is 19.9 Å². The second-order valence-electron chi connectivity index (χ2n) is 7.76. The number of hydrogen-bond donors (Lipinski definition) is 1. The molecular weight excluding hydrogens is 416 g/mol. The van der Waals surface area contributed by atoms with Crippen molar-refractivity contribution < 1.29 is 14.6 Å². The maximum Gasteiger partial charge on any atom is 0.303 e. The van der Waals surface area contributed by atoms with Gasteiger partial charge in [0, 0.05) is 43.8 Å². The van der Waals surface area contributed by atoms with Crippen LogP contribution in [0.3, 0.4) is 0 Å². The van der Waals surface area contributed by atoms with Gasteiger partial charge in [0.25, 0.3) is 0 Å². The molecule has 0 aliphatic carbocycles. The fourth-order valence-corrected chi connectivity index (χ4v) is 3.61. The molecular formula is C26H26N4O3. The van der Waals surface area contributed by atoms with Crippen molar-refractivity contribution in [2.75, 3.05) is 6.61 Å². The highest BCUT2D eigenvalue weighted by molar-refractivity contribution is 5.84. The number of aliphatic carboxylic acids is 1. The van der Waals surface area contributed by atoms with Crippen molar-refractivity contribution in [1.29, 1.82) is 0 Å². The third-order valence-electron chi connectivity index (χ3n) is 5.14. The molecule has 0 bridgehead atoms. The van der Waals surface area contributed by atoms with E-state index >= 15 is 0 Å². The van der Waals surface area contributed by atoms with E-state index in [1.54, 1.807) is 12.4 Å². The van der Waals surface area contributed by atoms with E-state index in [9.17, 15) is 4.79 Å². The van der Waals surface area contributed by atoms with Gasteiger partial charge >= 0.3 is 5.97 Å². The highest BCUT2D eigenvalue weighted by Gasteiger charge is 2.12. The zero-order chi connectivity index (χ0) is 22.9. The molecule has 0 saturated carbocycles. The van der Waals surface area contributed by atoms with Crippen molar-refractivity contribution in [2.24, 2.45) is 0 Å². The van der Waals surface area contributed by atoms with Crippen LogP contribution >= 0.6 is 0 Å². The van der Waals surface area contributed by atoms with Crippen molar-refractivity contribution >= 4 is 16.9 Å². The van der Waals surface area contributed by atoms with E-state index in [1.807, 2.05) is 66.7 Å². The monoisotopic (exact) mass is 442 g/mol. The molecule has 4 rings (SSSR count). The number of fused-ring (bicyclic) bond motifs is 1. The quantitative estimate of drug-likeness (QED) is 0.343. The Kier molecular flexibility index (Phi) is 7.56. The molecule has 7 heteroatoms. The highest BCUT2D eigenvalue weighted by atomic mass is 16.5. The molecule has 7 nitrogen and oxygen atoms in total. The van der Waals surface area contributed by atoms with Gasteiger partial charge in [0.05, 0.1) is 23.7 Å². The van der Waals surface area contributed by atoms with Gasteiger partial charge in [0.2, 0.25) is 0 Å². The molecule has 0 amide bonds. The third-order valence-corrected chi connectivity index (χ3v) is 5.14. The molecule has 0 aliphatic rings. The lowest BCUT2D eigenvalue weighted by Crippen LogP contribution is -2.24. The van der Waals surface area contributed by atoms with Gasteiger partial charge in [-0.15, -0.1) is 0 Å². The third kappa shape index (κ3) is 6.57. The van der Waals surface area contributed by atoms with Gasteiger partial charge in [-0.25, -0.2) is 4.98 Å². The first-order chi connectivity index (χ1) is 16.2. The zero-order valence-electron chi connectivity index (χ0n) is 18.3. The maximum absolute atomic E-state index is 10.8. The Hall–Kier alpha value is -3.84. The molecule has 0 radical (unpaired) electrons. The maximum atomic E-state index is 10.8. The van der Waals surface area contributed by atoms with Crippen LogP contribution in [0.25, 0.3) is 10.9 Å². The first-order valence-electron chi connectivity index (χ1n) is 10.9. The van der Waals surface area contributed by atoms with Crippen LogP contribution in [0, 0.1) is 0 Å². The second-order valence-corrected chi connectivity index (χ2v) is 7.76. The fraction of sp³-hybridized carbons (Fsp3) is 0.231. The van der Waals surface area contributed by atoms with Gasteiger partial charge in [-0.05, 0) is 42.8 Å². The lowest BCUT2D eigenvalue weighted by atomic mass is 10.1. The minimum Gasteiger partial charge on any atom is -0.491 e. The van der Waals surface area contributed by atoms with E-state index in [0.29, 0.717) is 38.4 Å². The summed E-state index contributed by atoms with van der Waals surface area (Å²) in [6.45, 7) is 2.30. The molecule has 0 spiro atoms. The number of hydrogen-bond acceptors (Lipinski definition) is 6. The number of aromatic nitrogens is 3. The van der Waals surface area contributed by atoms with Crippen molar-refractivity contribution in [2.45, 2.75) is 32.5 Å². The van der Waals surface area contributed by atoms with Crippen LogP contribution in [0.5, 0.6) is 5.75 Å². The predicted molar refractivity (Wildman–Crippen MR) is 126 cm³/mol. The summed E-state index contributed by atoms with van der Waals surface area (Å²) in [4.78, 5) is 26.8. The highest BCUT2D eigenvalue weighted by Crippen LogP contribution is 2.25. The number of carboxylic acids is 1. The fourth-order valence-electron chi connectivity index (χ4n) is 3.61. The number of carbonyl (C=O) groups is 1. The summed E-state index contributed by atoms with van der Waals surface area (Å²) >= 11 is 0. The minimum atomic E-state index is -0.821. The van der Waals surface area contributed by atoms with Crippen LogP contribution < -0.4 is 4.74 Å². The summed E-state index contributed by atoms with van der Waals surface area (Å²) in [6.07, 6.45) is 4.14. The number of para-hydroxylation sites is 1. The SMILES string of the molecule is O=C(O)CCCOc1cccc2ccc(CN(Cc3ccccn3)Cc3ccccn3)nc12. The number of pyridine rings is 3. The van der Waals surface area contributed by atoms with Crippen LogP contribution in [0.1, 0.15) is 29.9 Å². The molecule has 0 saturated heterocycles. The van der Waals surface area contributed by atoms with E-state index in [2.05, 4.69) is 14.9 Å². The summed E-state index contributed by atoms with van der Waals surface area (Å²) in [7, 11) is 0. The Balaban J connectivity index is 1.54. The Morgan fingerprint density at radius 1 is 0.818 bits per heavy atom. The molecule has 0 fully saturated rings. The lowest BCUT2D eigenvalue weighted by molar-refractivity contribution is -0.137. The standard InChI is InChI=1S/C26H26N4O3/c31-25(32)11-6-16-33-24-10-5-7-20-12-13-23(29-26(20)24)19-30(17-21-8-1-3-14-27-21)18-22-9-2-4-15-28-22/h1-5,7-10,12-15H,6,11,16-19H2,(H,31,32). The topological polar surface area (TPSA) is 88.4 Å². The smallest absolute Gasteiger partial charge is 0.303 e. The number of rotatable bonds is 11. The van der Waals surface area contributed by atoms with Crippen LogP contribution in [-0.4, -0.2) is 37.5 Å². The van der Waals surface area contributed by atoms with E-state index in [4.69, 9.17) is 14.8 Å². The number of carboxylic acid groups (broad SMARTS) is 1. The molecule has 1 aromatic carbocycles. The van der Waals surface area contributed by atoms with Crippen molar-refractivity contribution in [3.63, 3.8) is 0 Å². The lowest BCUT2D eigenvalue weighted by Gasteiger charge is -2.21. The Morgan fingerprint density at radius 2 is 1.52 bits per heavy atom. The van der Waals surface area contributed by atoms with Gasteiger partial charge in [0.1, 0.15) is 11.3 Å². The summed E-state index contributed by atoms with van der Waals surface area (Å²) in [6, 6.07) is 21.7. The van der Waals surface area contributed by atoms with Gasteiger partial charge in [-0.2, -0.15) is 0 Å². The summed E-state index contributed by atoms with van der Waals surface area (Å²) < 4.78 is 5.86. The van der Waals surface area contributed by atoms with Crippen LogP contribution in [0.2, 0.25) is 0 Å². The molecule has 33 heavy (non-hydrogen) atoms. The molecule has 0 atom stereocenters. The summed E-state index contributed by atoms with van der Waals surface area (Å²) in [5.41, 5.74) is 3.66. The molecule has 1 N–H and O–H groups in total. The number of benzene rings is 1. The zero-order valence-corrected chi connectivity index (χ0v) is 18.3. The van der Waals surface area contributed by atoms with Gasteiger partial charge in [0.15, 0.2) is 0 Å². The van der Waals surface area contributed by atoms with Gasteiger partial charge in [-0.1, -0.05) is 30.3 Å². The molecule has 3 heterocycles. The molecule has 0 unspecified atom stereocenters. The largest absolute Gasteiger partial charge is 0.491 e. The predicted octanol–water partition coefficient (Wildman–Crippen LogP) is 4.47. The minimum absolute atomic E-state index is 0.0828. The molecule has 168 valence electrons. The Morgan fingerprint density at radius 3 is 2.15 bits per heavy atom. The van der Waals surface area contributed by atoms with Crippen LogP contribution in [0.4, 0.5) is 0 Å². The molecule has 4 aromatic rings. The van der Waals surface area contributed by atoms with E-state index in [0.717, 1.165) is 28.0 Å². The van der Waals surface area contributed by atoms with Crippen molar-refractivity contribution in [3.8, 4) is 5.75 Å². The van der Waals surface area contributed by atoms with E-state index in [-0.39, 0.29) is 6.42 Å².